The molecule has 2 heterocycles. The molecule has 2 aromatic rings. The van der Waals surface area contributed by atoms with Gasteiger partial charge in [-0.05, 0) is 31.2 Å². The fourth-order valence-electron chi connectivity index (χ4n) is 3.66. The highest BCUT2D eigenvalue weighted by molar-refractivity contribution is 5.75. The second-order valence-electron chi connectivity index (χ2n) is 5.65. The molecule has 1 saturated carbocycles. The lowest BCUT2D eigenvalue weighted by Gasteiger charge is -2.15. The van der Waals surface area contributed by atoms with Crippen molar-refractivity contribution in [2.45, 2.75) is 25.3 Å². The predicted molar refractivity (Wildman–Crippen MR) is 67.6 cm³/mol. The topological polar surface area (TPSA) is 40.7 Å². The molecular weight excluding hydrogens is 248 g/mol. The summed E-state index contributed by atoms with van der Waals surface area (Å²) in [6.45, 7) is 1.02. The van der Waals surface area contributed by atoms with Gasteiger partial charge in [0.15, 0.2) is 11.6 Å². The van der Waals surface area contributed by atoms with Gasteiger partial charge >= 0.3 is 0 Å². The SMILES string of the molecule is Fc1cc2nc(C3NCC4CCCC43)[nH]c2cc1F. The molecule has 0 amide bonds. The van der Waals surface area contributed by atoms with Crippen molar-refractivity contribution in [1.82, 2.24) is 15.3 Å². The van der Waals surface area contributed by atoms with Gasteiger partial charge in [0.2, 0.25) is 0 Å². The average Bonchev–Trinajstić information content (AvgIpc) is 3.03. The fourth-order valence-corrected chi connectivity index (χ4v) is 3.66. The van der Waals surface area contributed by atoms with Crippen molar-refractivity contribution in [3.63, 3.8) is 0 Å². The van der Waals surface area contributed by atoms with E-state index >= 15 is 0 Å². The van der Waals surface area contributed by atoms with E-state index < -0.39 is 11.6 Å². The summed E-state index contributed by atoms with van der Waals surface area (Å²) in [4.78, 5) is 7.57. The Morgan fingerprint density at radius 3 is 2.89 bits per heavy atom. The van der Waals surface area contributed by atoms with E-state index in [0.717, 1.165) is 24.4 Å². The van der Waals surface area contributed by atoms with Crippen LogP contribution in [-0.2, 0) is 0 Å². The van der Waals surface area contributed by atoms with Crippen LogP contribution in [0.25, 0.3) is 11.0 Å². The van der Waals surface area contributed by atoms with Crippen molar-refractivity contribution >= 4 is 11.0 Å². The van der Waals surface area contributed by atoms with E-state index in [4.69, 9.17) is 0 Å². The van der Waals surface area contributed by atoms with E-state index in [1.807, 2.05) is 0 Å². The Bertz CT molecular complexity index is 598. The minimum absolute atomic E-state index is 0.200. The fraction of sp³-hybridized carbons (Fsp3) is 0.500. The number of imidazole rings is 1. The van der Waals surface area contributed by atoms with Crippen LogP contribution >= 0.6 is 0 Å². The van der Waals surface area contributed by atoms with E-state index in [2.05, 4.69) is 15.3 Å². The highest BCUT2D eigenvalue weighted by Crippen LogP contribution is 2.43. The number of H-pyrrole nitrogens is 1. The molecular formula is C14H15F2N3. The van der Waals surface area contributed by atoms with Gasteiger partial charge in [-0.15, -0.1) is 0 Å². The number of nitrogens with one attached hydrogen (secondary N) is 2. The van der Waals surface area contributed by atoms with Crippen molar-refractivity contribution in [3.05, 3.63) is 29.6 Å². The molecule has 4 rings (SSSR count). The third-order valence-electron chi connectivity index (χ3n) is 4.58. The largest absolute Gasteiger partial charge is 0.341 e. The second-order valence-corrected chi connectivity index (χ2v) is 5.65. The number of nitrogens with zero attached hydrogens (tertiary/aromatic N) is 1. The Kier molecular flexibility index (Phi) is 2.39. The Morgan fingerprint density at radius 2 is 2.00 bits per heavy atom. The maximum absolute atomic E-state index is 13.2. The zero-order chi connectivity index (χ0) is 13.0. The number of benzene rings is 1. The predicted octanol–water partition coefficient (Wildman–Crippen LogP) is 2.90. The molecule has 19 heavy (non-hydrogen) atoms. The molecule has 3 unspecified atom stereocenters. The highest BCUT2D eigenvalue weighted by atomic mass is 19.2. The molecule has 0 radical (unpaired) electrons. The van der Waals surface area contributed by atoms with Crippen LogP contribution in [0.5, 0.6) is 0 Å². The molecule has 2 fully saturated rings. The third kappa shape index (κ3) is 1.68. The van der Waals surface area contributed by atoms with Gasteiger partial charge in [-0.1, -0.05) is 6.42 Å². The standard InChI is InChI=1S/C14H15F2N3/c15-9-4-11-12(5-10(9)16)19-14(18-11)13-8-3-1-2-7(8)6-17-13/h4-5,7-8,13,17H,1-3,6H2,(H,18,19). The van der Waals surface area contributed by atoms with Crippen molar-refractivity contribution in [3.8, 4) is 0 Å². The number of aromatic amines is 1. The average molecular weight is 263 g/mol. The molecule has 3 atom stereocenters. The van der Waals surface area contributed by atoms with E-state index in [9.17, 15) is 8.78 Å². The Hall–Kier alpha value is -1.49. The summed E-state index contributed by atoms with van der Waals surface area (Å²) in [6.07, 6.45) is 3.76. The van der Waals surface area contributed by atoms with Gasteiger partial charge in [-0.25, -0.2) is 13.8 Å². The molecule has 1 aliphatic heterocycles. The van der Waals surface area contributed by atoms with Crippen LogP contribution in [0.4, 0.5) is 8.78 Å². The van der Waals surface area contributed by atoms with Crippen LogP contribution in [0, 0.1) is 23.5 Å². The smallest absolute Gasteiger partial charge is 0.161 e. The minimum Gasteiger partial charge on any atom is -0.341 e. The van der Waals surface area contributed by atoms with Gasteiger partial charge in [0.05, 0.1) is 17.1 Å². The molecule has 3 nitrogen and oxygen atoms in total. The third-order valence-corrected chi connectivity index (χ3v) is 4.58. The molecule has 0 bridgehead atoms. The number of rotatable bonds is 1. The van der Waals surface area contributed by atoms with Gasteiger partial charge < -0.3 is 10.3 Å². The first-order valence-electron chi connectivity index (χ1n) is 6.80. The van der Waals surface area contributed by atoms with Crippen LogP contribution in [-0.4, -0.2) is 16.5 Å². The summed E-state index contributed by atoms with van der Waals surface area (Å²) in [5.74, 6) is 0.473. The van der Waals surface area contributed by atoms with Crippen LogP contribution in [0.2, 0.25) is 0 Å². The Morgan fingerprint density at radius 1 is 1.16 bits per heavy atom. The number of fused-ring (bicyclic) bond motifs is 2. The van der Waals surface area contributed by atoms with E-state index in [1.54, 1.807) is 0 Å². The summed E-state index contributed by atoms with van der Waals surface area (Å²) >= 11 is 0. The van der Waals surface area contributed by atoms with Crippen LogP contribution in [0.15, 0.2) is 12.1 Å². The molecule has 5 heteroatoms. The van der Waals surface area contributed by atoms with Crippen LogP contribution < -0.4 is 5.32 Å². The van der Waals surface area contributed by atoms with Gasteiger partial charge in [-0.2, -0.15) is 0 Å². The molecule has 2 aliphatic rings. The maximum atomic E-state index is 13.2. The van der Waals surface area contributed by atoms with E-state index in [-0.39, 0.29) is 6.04 Å². The molecule has 2 N–H and O–H groups in total. The molecule has 100 valence electrons. The summed E-state index contributed by atoms with van der Waals surface area (Å²) in [5.41, 5.74) is 1.06. The first-order chi connectivity index (χ1) is 9.22. The number of halogens is 2. The van der Waals surface area contributed by atoms with Gasteiger partial charge in [-0.3, -0.25) is 0 Å². The summed E-state index contributed by atoms with van der Waals surface area (Å²) < 4.78 is 26.4. The van der Waals surface area contributed by atoms with Gasteiger partial charge in [0, 0.05) is 12.1 Å². The minimum atomic E-state index is -0.844. The lowest BCUT2D eigenvalue weighted by Crippen LogP contribution is -2.18. The zero-order valence-corrected chi connectivity index (χ0v) is 10.4. The van der Waals surface area contributed by atoms with Crippen molar-refractivity contribution in [1.29, 1.82) is 0 Å². The highest BCUT2D eigenvalue weighted by Gasteiger charge is 2.40. The molecule has 1 aliphatic carbocycles. The van der Waals surface area contributed by atoms with Crippen molar-refractivity contribution in [2.75, 3.05) is 6.54 Å². The van der Waals surface area contributed by atoms with Crippen molar-refractivity contribution in [2.24, 2.45) is 11.8 Å². The van der Waals surface area contributed by atoms with Crippen molar-refractivity contribution < 1.29 is 8.78 Å². The summed E-state index contributed by atoms with van der Waals surface area (Å²) in [5, 5.41) is 3.48. The first-order valence-corrected chi connectivity index (χ1v) is 6.80. The molecule has 1 saturated heterocycles. The molecule has 1 aromatic heterocycles. The van der Waals surface area contributed by atoms with E-state index in [1.165, 1.54) is 25.3 Å². The number of aromatic nitrogens is 2. The lowest BCUT2D eigenvalue weighted by atomic mass is 9.94. The Labute approximate surface area is 109 Å². The lowest BCUT2D eigenvalue weighted by molar-refractivity contribution is 0.410. The Balaban J connectivity index is 1.75. The van der Waals surface area contributed by atoms with E-state index in [0.29, 0.717) is 17.0 Å². The monoisotopic (exact) mass is 263 g/mol. The molecule has 0 spiro atoms. The zero-order valence-electron chi connectivity index (χ0n) is 10.4. The number of hydrogen-bond acceptors (Lipinski definition) is 2. The van der Waals surface area contributed by atoms with Gasteiger partial charge in [0.1, 0.15) is 5.82 Å². The number of hydrogen-bond donors (Lipinski definition) is 2. The van der Waals surface area contributed by atoms with Crippen LogP contribution in [0.3, 0.4) is 0 Å². The maximum Gasteiger partial charge on any atom is 0.161 e. The summed E-state index contributed by atoms with van der Waals surface area (Å²) in [7, 11) is 0. The van der Waals surface area contributed by atoms with Crippen LogP contribution in [0.1, 0.15) is 31.1 Å². The quantitative estimate of drug-likeness (QED) is 0.830. The second kappa shape index (κ2) is 4.00. The summed E-state index contributed by atoms with van der Waals surface area (Å²) in [6, 6.07) is 2.54. The van der Waals surface area contributed by atoms with Gasteiger partial charge in [0.25, 0.3) is 0 Å². The molecule has 1 aromatic carbocycles. The first kappa shape index (κ1) is 11.3. The normalized spacial score (nSPS) is 30.1.